The molecular formula is C55H101NO5. The highest BCUT2D eigenvalue weighted by Gasteiger charge is 2.18. The van der Waals surface area contributed by atoms with Gasteiger partial charge in [0.25, 0.3) is 0 Å². The molecule has 3 N–H and O–H groups in total. The maximum Gasteiger partial charge on any atom is 0.305 e. The molecule has 0 aromatic rings. The summed E-state index contributed by atoms with van der Waals surface area (Å²) in [5.74, 6) is -0.106. The van der Waals surface area contributed by atoms with Crippen LogP contribution in [0.5, 0.6) is 0 Å². The van der Waals surface area contributed by atoms with E-state index >= 15 is 0 Å². The summed E-state index contributed by atoms with van der Waals surface area (Å²) in [4.78, 5) is 24.4. The number of carbonyl (C=O) groups excluding carboxylic acids is 2. The van der Waals surface area contributed by atoms with Crippen molar-refractivity contribution in [2.75, 3.05) is 13.2 Å². The number of amides is 1. The van der Waals surface area contributed by atoms with Crippen LogP contribution in [-0.4, -0.2) is 47.4 Å². The van der Waals surface area contributed by atoms with Crippen molar-refractivity contribution >= 4 is 11.9 Å². The number of unbranched alkanes of at least 4 members (excludes halogenated alkanes) is 31. The molecule has 0 fully saturated rings. The van der Waals surface area contributed by atoms with Gasteiger partial charge in [-0.15, -0.1) is 0 Å². The lowest BCUT2D eigenvalue weighted by atomic mass is 10.0. The zero-order valence-corrected chi connectivity index (χ0v) is 40.4. The zero-order chi connectivity index (χ0) is 44.4. The Kier molecular flexibility index (Phi) is 48.7. The Morgan fingerprint density at radius 2 is 0.852 bits per heavy atom. The molecule has 0 aromatic heterocycles. The van der Waals surface area contributed by atoms with Gasteiger partial charge in [0.1, 0.15) is 0 Å². The largest absolute Gasteiger partial charge is 0.466 e. The molecule has 6 heteroatoms. The predicted octanol–water partition coefficient (Wildman–Crippen LogP) is 15.8. The Balaban J connectivity index is 3.52. The van der Waals surface area contributed by atoms with Crippen molar-refractivity contribution < 1.29 is 24.5 Å². The fourth-order valence-corrected chi connectivity index (χ4v) is 7.72. The number of nitrogens with one attached hydrogen (secondary N) is 1. The van der Waals surface area contributed by atoms with Crippen molar-refractivity contribution in [3.05, 3.63) is 48.6 Å². The van der Waals surface area contributed by atoms with Crippen LogP contribution < -0.4 is 5.32 Å². The van der Waals surface area contributed by atoms with Gasteiger partial charge in [-0.1, -0.05) is 217 Å². The predicted molar refractivity (Wildman–Crippen MR) is 264 cm³/mol. The minimum absolute atomic E-state index is 0.0201. The van der Waals surface area contributed by atoms with E-state index in [1.54, 1.807) is 6.08 Å². The third-order valence-corrected chi connectivity index (χ3v) is 11.8. The highest BCUT2D eigenvalue weighted by molar-refractivity contribution is 5.76. The molecule has 0 aliphatic rings. The van der Waals surface area contributed by atoms with Gasteiger partial charge in [-0.05, 0) is 83.5 Å². The molecule has 0 rings (SSSR count). The van der Waals surface area contributed by atoms with Crippen molar-refractivity contribution in [2.24, 2.45) is 0 Å². The van der Waals surface area contributed by atoms with Gasteiger partial charge in [0.15, 0.2) is 0 Å². The second-order valence-corrected chi connectivity index (χ2v) is 17.8. The first-order chi connectivity index (χ1) is 30.0. The van der Waals surface area contributed by atoms with E-state index in [0.717, 1.165) is 77.0 Å². The minimum atomic E-state index is -0.856. The number of ether oxygens (including phenoxy) is 1. The minimum Gasteiger partial charge on any atom is -0.466 e. The first-order valence-electron chi connectivity index (χ1n) is 26.4. The number of rotatable bonds is 48. The lowest BCUT2D eigenvalue weighted by Gasteiger charge is -2.20. The Hall–Kier alpha value is -2.18. The highest BCUT2D eigenvalue weighted by atomic mass is 16.5. The molecule has 0 aliphatic carbocycles. The lowest BCUT2D eigenvalue weighted by molar-refractivity contribution is -0.143. The SMILES string of the molecule is CCC/C=C\C/C=C\CCCCCCCC(=O)OCCCCCCCCC/C=C\CCCCCCCC(=O)NC(CO)C(O)/C=C/CCCCCCCCCCCCCCC. The van der Waals surface area contributed by atoms with Gasteiger partial charge in [0, 0.05) is 12.8 Å². The standard InChI is InChI=1S/C55H101NO5/c1-3-5-7-9-11-13-15-17-20-24-27-31-35-39-43-47-53(58)52(51-57)56-54(59)48-44-40-36-32-28-25-21-18-19-22-26-30-34-38-42-46-50-61-55(60)49-45-41-37-33-29-23-16-14-12-10-8-6-4-2/h8,10,14,16,18,21,43,47,52-53,57-58H,3-7,9,11-13,15,17,19-20,22-42,44-46,48-51H2,1-2H3,(H,56,59)/b10-8-,16-14-,21-18-,47-43+. The number of hydrogen-bond donors (Lipinski definition) is 3. The summed E-state index contributed by atoms with van der Waals surface area (Å²) in [5, 5.41) is 23.1. The Bertz CT molecular complexity index is 1040. The van der Waals surface area contributed by atoms with Crippen LogP contribution >= 0.6 is 0 Å². The molecule has 0 bridgehead atoms. The van der Waals surface area contributed by atoms with Crippen molar-refractivity contribution in [2.45, 2.75) is 276 Å². The van der Waals surface area contributed by atoms with Gasteiger partial charge >= 0.3 is 5.97 Å². The molecule has 61 heavy (non-hydrogen) atoms. The van der Waals surface area contributed by atoms with E-state index in [1.165, 1.54) is 161 Å². The second-order valence-electron chi connectivity index (χ2n) is 17.8. The average molecular weight is 856 g/mol. The van der Waals surface area contributed by atoms with Crippen LogP contribution in [0, 0.1) is 0 Å². The highest BCUT2D eigenvalue weighted by Crippen LogP contribution is 2.15. The smallest absolute Gasteiger partial charge is 0.305 e. The lowest BCUT2D eigenvalue weighted by Crippen LogP contribution is -2.45. The van der Waals surface area contributed by atoms with Gasteiger partial charge in [0.2, 0.25) is 5.91 Å². The summed E-state index contributed by atoms with van der Waals surface area (Å²) in [6, 6.07) is -0.641. The van der Waals surface area contributed by atoms with Gasteiger partial charge < -0.3 is 20.3 Å². The topological polar surface area (TPSA) is 95.9 Å². The van der Waals surface area contributed by atoms with Crippen LogP contribution in [0.3, 0.4) is 0 Å². The first-order valence-corrected chi connectivity index (χ1v) is 26.4. The molecule has 0 aromatic carbocycles. The van der Waals surface area contributed by atoms with E-state index < -0.39 is 12.1 Å². The number of carbonyl (C=O) groups is 2. The quantitative estimate of drug-likeness (QED) is 0.0322. The molecule has 2 unspecified atom stereocenters. The summed E-state index contributed by atoms with van der Waals surface area (Å²) >= 11 is 0. The Morgan fingerprint density at radius 1 is 0.459 bits per heavy atom. The van der Waals surface area contributed by atoms with Gasteiger partial charge in [-0.3, -0.25) is 9.59 Å². The van der Waals surface area contributed by atoms with Crippen LogP contribution in [0.2, 0.25) is 0 Å². The number of hydrogen-bond acceptors (Lipinski definition) is 5. The summed E-state index contributed by atoms with van der Waals surface area (Å²) in [6.45, 7) is 4.80. The van der Waals surface area contributed by atoms with E-state index in [0.29, 0.717) is 19.4 Å². The fraction of sp³-hybridized carbons (Fsp3) is 0.818. The van der Waals surface area contributed by atoms with E-state index in [9.17, 15) is 19.8 Å². The molecule has 1 amide bonds. The molecule has 2 atom stereocenters. The van der Waals surface area contributed by atoms with Crippen molar-refractivity contribution in [1.82, 2.24) is 5.32 Å². The number of aliphatic hydroxyl groups is 2. The van der Waals surface area contributed by atoms with E-state index in [2.05, 4.69) is 55.6 Å². The van der Waals surface area contributed by atoms with E-state index in [1.807, 2.05) is 6.08 Å². The molecule has 0 saturated carbocycles. The van der Waals surface area contributed by atoms with Gasteiger partial charge in [0.05, 0.1) is 25.4 Å². The molecule has 0 saturated heterocycles. The third kappa shape index (κ3) is 47.1. The molecule has 0 radical (unpaired) electrons. The van der Waals surface area contributed by atoms with E-state index in [-0.39, 0.29) is 18.5 Å². The van der Waals surface area contributed by atoms with Crippen LogP contribution in [0.4, 0.5) is 0 Å². The Morgan fingerprint density at radius 3 is 1.33 bits per heavy atom. The van der Waals surface area contributed by atoms with Crippen LogP contribution in [0.15, 0.2) is 48.6 Å². The maximum absolute atomic E-state index is 12.4. The summed E-state index contributed by atoms with van der Waals surface area (Å²) in [6.07, 6.45) is 62.5. The van der Waals surface area contributed by atoms with Gasteiger partial charge in [-0.25, -0.2) is 0 Å². The summed E-state index contributed by atoms with van der Waals surface area (Å²) < 4.78 is 5.44. The molecular weight excluding hydrogens is 755 g/mol. The fourth-order valence-electron chi connectivity index (χ4n) is 7.72. The average Bonchev–Trinajstić information content (AvgIpc) is 3.26. The van der Waals surface area contributed by atoms with Crippen LogP contribution in [0.25, 0.3) is 0 Å². The van der Waals surface area contributed by atoms with Crippen molar-refractivity contribution in [3.63, 3.8) is 0 Å². The molecule has 0 aliphatic heterocycles. The van der Waals surface area contributed by atoms with Crippen molar-refractivity contribution in [3.8, 4) is 0 Å². The van der Waals surface area contributed by atoms with Crippen molar-refractivity contribution in [1.29, 1.82) is 0 Å². The molecule has 0 heterocycles. The number of aliphatic hydroxyl groups excluding tert-OH is 2. The van der Waals surface area contributed by atoms with Gasteiger partial charge in [-0.2, -0.15) is 0 Å². The monoisotopic (exact) mass is 856 g/mol. The third-order valence-electron chi connectivity index (χ3n) is 11.8. The number of allylic oxidation sites excluding steroid dienone is 7. The second kappa shape index (κ2) is 50.5. The summed E-state index contributed by atoms with van der Waals surface area (Å²) in [7, 11) is 0. The molecule has 356 valence electrons. The number of esters is 1. The van der Waals surface area contributed by atoms with E-state index in [4.69, 9.17) is 4.74 Å². The maximum atomic E-state index is 12.4. The summed E-state index contributed by atoms with van der Waals surface area (Å²) in [5.41, 5.74) is 0. The van der Waals surface area contributed by atoms with Crippen LogP contribution in [0.1, 0.15) is 264 Å². The Labute approximate surface area is 378 Å². The molecule has 6 nitrogen and oxygen atoms in total. The first kappa shape index (κ1) is 58.8. The normalized spacial score (nSPS) is 13.0. The zero-order valence-electron chi connectivity index (χ0n) is 40.4. The molecule has 0 spiro atoms. The van der Waals surface area contributed by atoms with Crippen LogP contribution in [-0.2, 0) is 14.3 Å².